The van der Waals surface area contributed by atoms with Crippen molar-refractivity contribution in [2.24, 2.45) is 0 Å². The molecule has 102 heavy (non-hydrogen) atoms. The number of phosphoric acid groups is 1. The molecule has 10 heteroatoms. The van der Waals surface area contributed by atoms with Gasteiger partial charge in [0, 0.05) is 12.8 Å². The van der Waals surface area contributed by atoms with Crippen molar-refractivity contribution in [1.29, 1.82) is 0 Å². The van der Waals surface area contributed by atoms with E-state index < -0.39 is 26.5 Å². The molecule has 0 aromatic carbocycles. The number of ether oxygens (including phenoxy) is 2. The fraction of sp³-hybridized carbons (Fsp3) is 0.826. The minimum absolute atomic E-state index is 0.0288. The molecule has 9 nitrogen and oxygen atoms in total. The quantitative estimate of drug-likeness (QED) is 0.0195. The van der Waals surface area contributed by atoms with Crippen LogP contribution in [-0.2, 0) is 32.7 Å². The van der Waals surface area contributed by atoms with Crippen molar-refractivity contribution < 1.29 is 42.1 Å². The molecule has 0 bridgehead atoms. The van der Waals surface area contributed by atoms with Gasteiger partial charge in [0.05, 0.1) is 27.7 Å². The van der Waals surface area contributed by atoms with Gasteiger partial charge in [-0.15, -0.1) is 0 Å². The summed E-state index contributed by atoms with van der Waals surface area (Å²) in [4.78, 5) is 38.3. The van der Waals surface area contributed by atoms with Crippen LogP contribution in [0.5, 0.6) is 0 Å². The average molecular weight is 1450 g/mol. The van der Waals surface area contributed by atoms with Gasteiger partial charge < -0.3 is 27.9 Å². The fourth-order valence-corrected chi connectivity index (χ4v) is 13.9. The molecule has 0 rings (SSSR count). The smallest absolute Gasteiger partial charge is 0.306 e. The summed E-state index contributed by atoms with van der Waals surface area (Å²) in [7, 11) is 1.19. The van der Waals surface area contributed by atoms with Crippen molar-refractivity contribution in [3.63, 3.8) is 0 Å². The number of unbranched alkanes of at least 4 members (excludes halogenated alkanes) is 55. The third-order valence-corrected chi connectivity index (χ3v) is 20.9. The van der Waals surface area contributed by atoms with E-state index in [0.717, 1.165) is 70.6 Å². The number of carbonyl (C=O) groups excluding carboxylic acids is 2. The number of phosphoric ester groups is 1. The Bertz CT molecular complexity index is 2000. The van der Waals surface area contributed by atoms with Crippen molar-refractivity contribution in [2.75, 3.05) is 47.5 Å². The van der Waals surface area contributed by atoms with Crippen LogP contribution < -0.4 is 4.89 Å². The Morgan fingerprint density at radius 1 is 0.314 bits per heavy atom. The number of nitrogens with zero attached hydrogens (tertiary/aromatic N) is 1. The zero-order valence-corrected chi connectivity index (χ0v) is 69.2. The van der Waals surface area contributed by atoms with Crippen molar-refractivity contribution >= 4 is 19.8 Å². The number of hydrogen-bond donors (Lipinski definition) is 0. The van der Waals surface area contributed by atoms with Crippen LogP contribution in [0.2, 0.25) is 0 Å². The maximum absolute atomic E-state index is 12.9. The van der Waals surface area contributed by atoms with E-state index >= 15 is 0 Å². The Labute approximate surface area is 634 Å². The van der Waals surface area contributed by atoms with Gasteiger partial charge in [0.15, 0.2) is 6.10 Å². The Balaban J connectivity index is 3.85. The van der Waals surface area contributed by atoms with E-state index in [0.29, 0.717) is 17.4 Å². The lowest BCUT2D eigenvalue weighted by molar-refractivity contribution is -0.870. The molecule has 2 atom stereocenters. The molecule has 0 fully saturated rings. The van der Waals surface area contributed by atoms with E-state index in [1.165, 1.54) is 334 Å². The number of esters is 2. The first-order valence-electron chi connectivity index (χ1n) is 44.3. The molecule has 596 valence electrons. The number of quaternary nitrogens is 1. The predicted molar refractivity (Wildman–Crippen MR) is 443 cm³/mol. The van der Waals surface area contributed by atoms with E-state index in [2.05, 4.69) is 98.9 Å². The summed E-state index contributed by atoms with van der Waals surface area (Å²) in [5.41, 5.74) is 0. The number of allylic oxidation sites excluding steroid dienone is 14. The summed E-state index contributed by atoms with van der Waals surface area (Å²) < 4.78 is 34.5. The summed E-state index contributed by atoms with van der Waals surface area (Å²) in [5.74, 6) is -0.809. The van der Waals surface area contributed by atoms with E-state index in [-0.39, 0.29) is 32.0 Å². The molecule has 0 radical (unpaired) electrons. The van der Waals surface area contributed by atoms with Crippen molar-refractivity contribution in [3.8, 4) is 0 Å². The molecule has 0 aliphatic heterocycles. The second-order valence-corrected chi connectivity index (χ2v) is 32.6. The highest BCUT2D eigenvalue weighted by Crippen LogP contribution is 2.38. The fourth-order valence-electron chi connectivity index (χ4n) is 13.2. The van der Waals surface area contributed by atoms with Crippen LogP contribution in [0.4, 0.5) is 0 Å². The largest absolute Gasteiger partial charge is 0.756 e. The summed E-state index contributed by atoms with van der Waals surface area (Å²) in [6.45, 7) is 4.19. The first kappa shape index (κ1) is 99.2. The maximum atomic E-state index is 12.9. The summed E-state index contributed by atoms with van der Waals surface area (Å²) >= 11 is 0. The lowest BCUT2D eigenvalue weighted by Crippen LogP contribution is -2.37. The van der Waals surface area contributed by atoms with E-state index in [9.17, 15) is 19.0 Å². The molecule has 0 aliphatic rings. The van der Waals surface area contributed by atoms with Gasteiger partial charge in [-0.05, 0) is 89.9 Å². The number of likely N-dealkylation sites (N-methyl/N-ethyl adjacent to an activating group) is 1. The normalized spacial score (nSPS) is 13.4. The maximum Gasteiger partial charge on any atom is 0.306 e. The Hall–Kier alpha value is -2.81. The molecule has 0 aliphatic carbocycles. The monoisotopic (exact) mass is 1450 g/mol. The minimum atomic E-state index is -4.65. The average Bonchev–Trinajstić information content (AvgIpc) is 0.913. The molecule has 0 heterocycles. The highest BCUT2D eigenvalue weighted by molar-refractivity contribution is 7.45. The Morgan fingerprint density at radius 2 is 0.559 bits per heavy atom. The third-order valence-electron chi connectivity index (χ3n) is 19.9. The predicted octanol–water partition coefficient (Wildman–Crippen LogP) is 29.3. The number of hydrogen-bond acceptors (Lipinski definition) is 8. The summed E-state index contributed by atoms with van der Waals surface area (Å²) in [6.07, 6.45) is 115. The van der Waals surface area contributed by atoms with Crippen LogP contribution in [0, 0.1) is 0 Å². The van der Waals surface area contributed by atoms with Crippen LogP contribution in [-0.4, -0.2) is 70.0 Å². The van der Waals surface area contributed by atoms with Crippen molar-refractivity contribution in [3.05, 3.63) is 85.1 Å². The molecule has 0 N–H and O–H groups in total. The van der Waals surface area contributed by atoms with Crippen molar-refractivity contribution in [2.45, 2.75) is 444 Å². The first-order chi connectivity index (χ1) is 50.0. The Morgan fingerprint density at radius 3 is 0.833 bits per heavy atom. The van der Waals surface area contributed by atoms with Crippen LogP contribution in [0.3, 0.4) is 0 Å². The van der Waals surface area contributed by atoms with E-state index in [1.54, 1.807) is 0 Å². The van der Waals surface area contributed by atoms with Crippen LogP contribution >= 0.6 is 7.82 Å². The standard InChI is InChI=1S/C92H170NO8P/c1-6-8-10-12-14-16-18-20-22-24-26-28-30-32-34-36-38-40-42-44-45-46-47-49-50-52-54-56-58-60-62-64-66-68-70-72-74-76-78-80-82-84-91(94)98-88-90(89-100-102(96,97)99-87-86-93(3,4)5)101-92(95)85-83-81-79-77-75-73-71-69-67-65-63-61-59-57-55-53-51-48-43-41-39-37-35-33-31-29-27-25-23-21-19-17-15-13-11-9-7-2/h9,11,15,17-18,20-21,23-24,26-27,29-30,32,90H,6-8,10,12-14,16,19,22,25,28,31,33-89H2,1-5H3/b11-9-,17-15-,20-18-,23-21-,26-24-,29-27-,32-30-. The van der Waals surface area contributed by atoms with Crippen LogP contribution in [0.25, 0.3) is 0 Å². The molecular weight excluding hydrogens is 1280 g/mol. The first-order valence-corrected chi connectivity index (χ1v) is 45.8. The zero-order valence-electron chi connectivity index (χ0n) is 68.3. The van der Waals surface area contributed by atoms with Gasteiger partial charge in [-0.1, -0.05) is 420 Å². The van der Waals surface area contributed by atoms with E-state index in [4.69, 9.17) is 18.5 Å². The summed E-state index contributed by atoms with van der Waals surface area (Å²) in [6, 6.07) is 0. The second kappa shape index (κ2) is 82.3. The van der Waals surface area contributed by atoms with E-state index in [1.807, 2.05) is 21.1 Å². The second-order valence-electron chi connectivity index (χ2n) is 31.2. The molecule has 0 spiro atoms. The molecule has 0 saturated carbocycles. The van der Waals surface area contributed by atoms with Gasteiger partial charge in [-0.3, -0.25) is 14.2 Å². The molecule has 0 saturated heterocycles. The third kappa shape index (κ3) is 86.1. The molecule has 0 amide bonds. The van der Waals surface area contributed by atoms with Crippen LogP contribution in [0.15, 0.2) is 85.1 Å². The highest BCUT2D eigenvalue weighted by Gasteiger charge is 2.22. The minimum Gasteiger partial charge on any atom is -0.756 e. The van der Waals surface area contributed by atoms with Gasteiger partial charge in [0.25, 0.3) is 7.82 Å². The summed E-state index contributed by atoms with van der Waals surface area (Å²) in [5, 5.41) is 0. The van der Waals surface area contributed by atoms with Gasteiger partial charge in [-0.2, -0.15) is 0 Å². The number of carbonyl (C=O) groups is 2. The topological polar surface area (TPSA) is 111 Å². The molecule has 0 aromatic rings. The van der Waals surface area contributed by atoms with Gasteiger partial charge in [0.1, 0.15) is 19.8 Å². The molecular formula is C92H170NO8P. The van der Waals surface area contributed by atoms with Gasteiger partial charge >= 0.3 is 11.9 Å². The molecule has 0 aromatic heterocycles. The SMILES string of the molecule is CC/C=C\C/C=C\C/C=C\C/C=C\CCCCCCCCCCCCCCCCCCCCCCCCCCC(=O)OC(COC(=O)CCCCCCCCCCCCCCCCCCCCCCCCCCCC/C=C\C/C=C\C/C=C\CCCCCCC)COP(=O)([O-])OCC[N+](C)(C)C. The highest BCUT2D eigenvalue weighted by atomic mass is 31.2. The Kier molecular flexibility index (Phi) is 80.0. The van der Waals surface area contributed by atoms with Crippen molar-refractivity contribution in [1.82, 2.24) is 0 Å². The zero-order chi connectivity index (χ0) is 74.0. The molecule has 2 unspecified atom stereocenters. The lowest BCUT2D eigenvalue weighted by Gasteiger charge is -2.28. The van der Waals surface area contributed by atoms with Crippen LogP contribution in [0.1, 0.15) is 438 Å². The lowest BCUT2D eigenvalue weighted by atomic mass is 10.0. The van der Waals surface area contributed by atoms with Gasteiger partial charge in [0.2, 0.25) is 0 Å². The number of rotatable bonds is 83. The van der Waals surface area contributed by atoms with Gasteiger partial charge in [-0.25, -0.2) is 0 Å².